The second-order valence-corrected chi connectivity index (χ2v) is 4.87. The Morgan fingerprint density at radius 3 is 2.57 bits per heavy atom. The van der Waals surface area contributed by atoms with Gasteiger partial charge in [0.15, 0.2) is 0 Å². The van der Waals surface area contributed by atoms with Gasteiger partial charge in [-0.1, -0.05) is 41.6 Å². The monoisotopic (exact) mass is 284 g/mol. The van der Waals surface area contributed by atoms with Crippen LogP contribution in [0.2, 0.25) is 0 Å². The van der Waals surface area contributed by atoms with E-state index in [9.17, 15) is 0 Å². The molecule has 0 bridgehead atoms. The van der Waals surface area contributed by atoms with E-state index in [-0.39, 0.29) is 17.8 Å². The molecule has 1 heterocycles. The van der Waals surface area contributed by atoms with Gasteiger partial charge in [-0.3, -0.25) is 4.98 Å². The van der Waals surface area contributed by atoms with Gasteiger partial charge in [0.2, 0.25) is 0 Å². The molecule has 0 spiro atoms. The van der Waals surface area contributed by atoms with E-state index in [4.69, 9.17) is 10.9 Å². The second-order valence-electron chi connectivity index (χ2n) is 4.87. The van der Waals surface area contributed by atoms with Gasteiger partial charge in [-0.25, -0.2) is 0 Å². The highest BCUT2D eigenvalue weighted by Crippen LogP contribution is 2.17. The fourth-order valence-corrected chi connectivity index (χ4v) is 2.18. The Hall–Kier alpha value is -2.40. The molecule has 5 nitrogen and oxygen atoms in total. The lowest BCUT2D eigenvalue weighted by atomic mass is 9.97. The molecule has 4 N–H and O–H groups in total. The minimum Gasteiger partial charge on any atom is -0.409 e. The summed E-state index contributed by atoms with van der Waals surface area (Å²) < 4.78 is 0. The molecule has 0 aliphatic rings. The van der Waals surface area contributed by atoms with Crippen LogP contribution in [0.1, 0.15) is 30.1 Å². The average Bonchev–Trinajstić information content (AvgIpc) is 2.56. The maximum absolute atomic E-state index is 8.97. The molecule has 2 rings (SSSR count). The van der Waals surface area contributed by atoms with Gasteiger partial charge < -0.3 is 16.3 Å². The molecule has 21 heavy (non-hydrogen) atoms. The minimum atomic E-state index is -0.178. The second kappa shape index (κ2) is 7.40. The van der Waals surface area contributed by atoms with Crippen LogP contribution < -0.4 is 11.1 Å². The van der Waals surface area contributed by atoms with E-state index < -0.39 is 0 Å². The van der Waals surface area contributed by atoms with E-state index in [0.717, 1.165) is 11.3 Å². The van der Waals surface area contributed by atoms with E-state index in [0.29, 0.717) is 6.54 Å². The van der Waals surface area contributed by atoms with Crippen LogP contribution in [0, 0.1) is 0 Å². The van der Waals surface area contributed by atoms with Crippen LogP contribution in [0.5, 0.6) is 0 Å². The van der Waals surface area contributed by atoms with Crippen molar-refractivity contribution < 1.29 is 5.21 Å². The Morgan fingerprint density at radius 1 is 1.24 bits per heavy atom. The van der Waals surface area contributed by atoms with E-state index in [2.05, 4.69) is 15.5 Å². The Kier molecular flexibility index (Phi) is 5.29. The summed E-state index contributed by atoms with van der Waals surface area (Å²) in [6.07, 6.45) is 1.77. The highest BCUT2D eigenvalue weighted by Gasteiger charge is 2.18. The van der Waals surface area contributed by atoms with Crippen LogP contribution in [0.15, 0.2) is 59.9 Å². The van der Waals surface area contributed by atoms with Crippen LogP contribution >= 0.6 is 0 Å². The van der Waals surface area contributed by atoms with Gasteiger partial charge in [-0.05, 0) is 24.6 Å². The number of amidine groups is 1. The third kappa shape index (κ3) is 4.03. The van der Waals surface area contributed by atoms with E-state index in [1.165, 1.54) is 0 Å². The molecule has 0 amide bonds. The number of nitrogens with zero attached hydrogens (tertiary/aromatic N) is 2. The molecule has 2 atom stereocenters. The highest BCUT2D eigenvalue weighted by molar-refractivity contribution is 5.87. The molecule has 2 unspecified atom stereocenters. The van der Waals surface area contributed by atoms with Gasteiger partial charge in [0.25, 0.3) is 0 Å². The number of oxime groups is 1. The number of aromatic nitrogens is 1. The number of hydrogen-bond acceptors (Lipinski definition) is 4. The van der Waals surface area contributed by atoms with Crippen molar-refractivity contribution in [3.63, 3.8) is 0 Å². The normalized spacial score (nSPS) is 14.6. The van der Waals surface area contributed by atoms with E-state index >= 15 is 0 Å². The van der Waals surface area contributed by atoms with E-state index in [1.54, 1.807) is 6.20 Å². The third-order valence-electron chi connectivity index (χ3n) is 3.43. The molecule has 0 aliphatic carbocycles. The lowest BCUT2D eigenvalue weighted by Gasteiger charge is -2.20. The molecule has 1 aromatic heterocycles. The number of pyridine rings is 1. The summed E-state index contributed by atoms with van der Waals surface area (Å²) >= 11 is 0. The highest BCUT2D eigenvalue weighted by atomic mass is 16.4. The van der Waals surface area contributed by atoms with Crippen LogP contribution in [-0.2, 0) is 0 Å². The zero-order chi connectivity index (χ0) is 15.1. The number of hydrogen-bond donors (Lipinski definition) is 3. The Labute approximate surface area is 124 Å². The van der Waals surface area contributed by atoms with Gasteiger partial charge in [0.05, 0.1) is 11.6 Å². The zero-order valence-electron chi connectivity index (χ0n) is 12.0. The summed E-state index contributed by atoms with van der Waals surface area (Å²) in [5.41, 5.74) is 7.79. The molecule has 1 aromatic carbocycles. The molecule has 110 valence electrons. The van der Waals surface area contributed by atoms with Crippen molar-refractivity contribution >= 4 is 5.84 Å². The Bertz CT molecular complexity index is 571. The topological polar surface area (TPSA) is 83.5 Å². The van der Waals surface area contributed by atoms with E-state index in [1.807, 2.05) is 55.5 Å². The lowest BCUT2D eigenvalue weighted by molar-refractivity contribution is 0.315. The lowest BCUT2D eigenvalue weighted by Crippen LogP contribution is -2.33. The van der Waals surface area contributed by atoms with Crippen molar-refractivity contribution in [2.45, 2.75) is 18.9 Å². The summed E-state index contributed by atoms with van der Waals surface area (Å²) in [7, 11) is 0. The smallest absolute Gasteiger partial charge is 0.147 e. The van der Waals surface area contributed by atoms with Crippen molar-refractivity contribution in [3.05, 3.63) is 66.0 Å². The summed E-state index contributed by atoms with van der Waals surface area (Å²) in [5, 5.41) is 15.5. The summed E-state index contributed by atoms with van der Waals surface area (Å²) in [5.74, 6) is 0.0179. The van der Waals surface area contributed by atoms with Gasteiger partial charge in [0, 0.05) is 18.8 Å². The number of rotatable bonds is 6. The minimum absolute atomic E-state index is 0.0869. The van der Waals surface area contributed by atoms with Crippen LogP contribution in [0.3, 0.4) is 0 Å². The van der Waals surface area contributed by atoms with Gasteiger partial charge in [-0.15, -0.1) is 0 Å². The number of benzene rings is 1. The molecule has 0 saturated heterocycles. The van der Waals surface area contributed by atoms with Crippen molar-refractivity contribution in [3.8, 4) is 0 Å². The van der Waals surface area contributed by atoms with Crippen molar-refractivity contribution in [2.75, 3.05) is 6.54 Å². The molecule has 0 fully saturated rings. The first-order chi connectivity index (χ1) is 10.2. The molecule has 0 aliphatic heterocycles. The van der Waals surface area contributed by atoms with Gasteiger partial charge in [0.1, 0.15) is 5.84 Å². The predicted octanol–water partition coefficient (Wildman–Crippen LogP) is 2.26. The van der Waals surface area contributed by atoms with Crippen molar-refractivity contribution in [1.29, 1.82) is 0 Å². The maximum atomic E-state index is 8.97. The van der Waals surface area contributed by atoms with Crippen LogP contribution in [-0.4, -0.2) is 22.6 Å². The molecule has 5 heteroatoms. The van der Waals surface area contributed by atoms with Gasteiger partial charge in [-0.2, -0.15) is 0 Å². The molecule has 2 aromatic rings. The summed E-state index contributed by atoms with van der Waals surface area (Å²) in [6.45, 7) is 2.61. The van der Waals surface area contributed by atoms with Crippen molar-refractivity contribution in [1.82, 2.24) is 10.3 Å². The summed E-state index contributed by atoms with van der Waals surface area (Å²) in [4.78, 5) is 4.32. The Morgan fingerprint density at radius 2 is 1.95 bits per heavy atom. The number of nitrogens with one attached hydrogen (secondary N) is 1. The fraction of sp³-hybridized carbons (Fsp3) is 0.250. The van der Waals surface area contributed by atoms with Crippen LogP contribution in [0.25, 0.3) is 0 Å². The number of nitrogens with two attached hydrogens (primary N) is 1. The predicted molar refractivity (Wildman–Crippen MR) is 83.2 cm³/mol. The SMILES string of the molecule is CC(NCC(C(N)=NO)c1ccccc1)c1ccccn1. The first-order valence-corrected chi connectivity index (χ1v) is 6.89. The molecular weight excluding hydrogens is 264 g/mol. The van der Waals surface area contributed by atoms with Crippen LogP contribution in [0.4, 0.5) is 0 Å². The Balaban J connectivity index is 2.07. The van der Waals surface area contributed by atoms with Crippen molar-refractivity contribution in [2.24, 2.45) is 10.9 Å². The molecule has 0 radical (unpaired) electrons. The zero-order valence-corrected chi connectivity index (χ0v) is 12.0. The largest absolute Gasteiger partial charge is 0.409 e. The maximum Gasteiger partial charge on any atom is 0.147 e. The van der Waals surface area contributed by atoms with Gasteiger partial charge >= 0.3 is 0 Å². The summed E-state index contributed by atoms with van der Waals surface area (Å²) in [6, 6.07) is 15.7. The first-order valence-electron chi connectivity index (χ1n) is 6.89. The standard InChI is InChI=1S/C16H20N4O/c1-12(15-9-5-6-10-18-15)19-11-14(16(17)20-21)13-7-3-2-4-8-13/h2-10,12,14,19,21H,11H2,1H3,(H2,17,20). The molecular formula is C16H20N4O. The molecule has 0 saturated carbocycles. The third-order valence-corrected chi connectivity index (χ3v) is 3.43. The fourth-order valence-electron chi connectivity index (χ4n) is 2.18. The average molecular weight is 284 g/mol. The first kappa shape index (κ1) is 15.0. The quantitative estimate of drug-likeness (QED) is 0.329.